The molecular formula is C14H19ClN2O2. The van der Waals surface area contributed by atoms with Crippen molar-refractivity contribution in [3.05, 3.63) is 22.8 Å². The first-order valence-electron chi connectivity index (χ1n) is 6.64. The molecule has 1 aromatic heterocycles. The molecule has 0 saturated heterocycles. The van der Waals surface area contributed by atoms with Crippen molar-refractivity contribution < 1.29 is 9.90 Å². The second-order valence-corrected chi connectivity index (χ2v) is 5.84. The molecule has 0 aromatic carbocycles. The highest BCUT2D eigenvalue weighted by atomic mass is 35.5. The number of hydrogen-bond acceptors (Lipinski definition) is 3. The number of aromatic nitrogens is 1. The van der Waals surface area contributed by atoms with Crippen LogP contribution in [0.5, 0.6) is 0 Å². The maximum absolute atomic E-state index is 11.1. The number of halogens is 1. The molecule has 1 aromatic rings. The summed E-state index contributed by atoms with van der Waals surface area (Å²) < 4.78 is 0. The average Bonchev–Trinajstić information content (AvgIpc) is 3.15. The smallest absolute Gasteiger partial charge is 0.337 e. The van der Waals surface area contributed by atoms with Gasteiger partial charge in [0.05, 0.1) is 10.6 Å². The lowest BCUT2D eigenvalue weighted by molar-refractivity contribution is 0.0697. The van der Waals surface area contributed by atoms with Gasteiger partial charge in [-0.15, -0.1) is 0 Å². The van der Waals surface area contributed by atoms with Crippen molar-refractivity contribution in [2.75, 3.05) is 11.4 Å². The topological polar surface area (TPSA) is 53.4 Å². The normalized spacial score (nSPS) is 14.7. The molecular weight excluding hydrogens is 264 g/mol. The van der Waals surface area contributed by atoms with Gasteiger partial charge in [-0.25, -0.2) is 9.78 Å². The molecule has 0 bridgehead atoms. The summed E-state index contributed by atoms with van der Waals surface area (Å²) in [5.41, 5.74) is 0.127. The Hall–Kier alpha value is -1.29. The van der Waals surface area contributed by atoms with Crippen LogP contribution in [0.4, 0.5) is 5.82 Å². The van der Waals surface area contributed by atoms with Gasteiger partial charge >= 0.3 is 5.97 Å². The number of anilines is 1. The molecule has 5 heteroatoms. The third kappa shape index (κ3) is 3.60. The number of hydrogen-bond donors (Lipinski definition) is 1. The monoisotopic (exact) mass is 282 g/mol. The van der Waals surface area contributed by atoms with Crippen molar-refractivity contribution in [2.24, 2.45) is 5.92 Å². The van der Waals surface area contributed by atoms with Gasteiger partial charge in [0, 0.05) is 18.8 Å². The molecule has 0 unspecified atom stereocenters. The van der Waals surface area contributed by atoms with Gasteiger partial charge in [0.25, 0.3) is 0 Å². The van der Waals surface area contributed by atoms with Crippen LogP contribution in [0.25, 0.3) is 0 Å². The van der Waals surface area contributed by atoms with Gasteiger partial charge < -0.3 is 10.0 Å². The molecule has 0 amide bonds. The number of nitrogens with zero attached hydrogens (tertiary/aromatic N) is 2. The molecule has 1 heterocycles. The lowest BCUT2D eigenvalue weighted by Gasteiger charge is -2.24. The van der Waals surface area contributed by atoms with Crippen LogP contribution in [-0.2, 0) is 0 Å². The molecule has 0 radical (unpaired) electrons. The maximum atomic E-state index is 11.1. The van der Waals surface area contributed by atoms with Crippen molar-refractivity contribution in [2.45, 2.75) is 39.2 Å². The standard InChI is InChI=1S/C14H19ClN2O2/c1-9(2)5-6-17(10-3-4-10)13-7-11(14(18)19)12(15)8-16-13/h7-10H,3-6H2,1-2H3,(H,18,19). The van der Waals surface area contributed by atoms with E-state index in [2.05, 4.69) is 23.7 Å². The van der Waals surface area contributed by atoms with E-state index in [-0.39, 0.29) is 10.6 Å². The highest BCUT2D eigenvalue weighted by molar-refractivity contribution is 6.33. The van der Waals surface area contributed by atoms with E-state index in [1.165, 1.54) is 6.20 Å². The fourth-order valence-corrected chi connectivity index (χ4v) is 2.20. The second-order valence-electron chi connectivity index (χ2n) is 5.43. The Morgan fingerprint density at radius 1 is 1.58 bits per heavy atom. The summed E-state index contributed by atoms with van der Waals surface area (Å²) in [7, 11) is 0. The zero-order valence-electron chi connectivity index (χ0n) is 11.3. The molecule has 1 aliphatic carbocycles. The van der Waals surface area contributed by atoms with Crippen LogP contribution >= 0.6 is 11.6 Å². The van der Waals surface area contributed by atoms with Crippen molar-refractivity contribution in [3.8, 4) is 0 Å². The number of carbonyl (C=O) groups is 1. The predicted molar refractivity (Wildman–Crippen MR) is 76.0 cm³/mol. The van der Waals surface area contributed by atoms with E-state index in [0.717, 1.165) is 31.6 Å². The fraction of sp³-hybridized carbons (Fsp3) is 0.571. The molecule has 0 atom stereocenters. The summed E-state index contributed by atoms with van der Waals surface area (Å²) in [5.74, 6) is 0.339. The predicted octanol–water partition coefficient (Wildman–Crippen LogP) is 3.45. The summed E-state index contributed by atoms with van der Waals surface area (Å²) in [5, 5.41) is 9.30. The molecule has 2 rings (SSSR count). The molecule has 4 nitrogen and oxygen atoms in total. The molecule has 1 aliphatic rings. The summed E-state index contributed by atoms with van der Waals surface area (Å²) in [6.07, 6.45) is 4.82. The molecule has 0 spiro atoms. The van der Waals surface area contributed by atoms with Crippen LogP contribution in [0, 0.1) is 5.92 Å². The number of carboxylic acids is 1. The number of carboxylic acid groups (broad SMARTS) is 1. The van der Waals surface area contributed by atoms with Crippen molar-refractivity contribution in [1.82, 2.24) is 4.98 Å². The highest BCUT2D eigenvalue weighted by Crippen LogP contribution is 2.32. The van der Waals surface area contributed by atoms with Gasteiger partial charge in [0.2, 0.25) is 0 Å². The van der Waals surface area contributed by atoms with Gasteiger partial charge in [-0.1, -0.05) is 25.4 Å². The van der Waals surface area contributed by atoms with Gasteiger partial charge in [-0.3, -0.25) is 0 Å². The first kappa shape index (κ1) is 14.1. The van der Waals surface area contributed by atoms with Crippen LogP contribution in [0.2, 0.25) is 5.02 Å². The SMILES string of the molecule is CC(C)CCN(c1cc(C(=O)O)c(Cl)cn1)C1CC1. The number of aromatic carboxylic acids is 1. The quantitative estimate of drug-likeness (QED) is 0.868. The van der Waals surface area contributed by atoms with E-state index >= 15 is 0 Å². The summed E-state index contributed by atoms with van der Waals surface area (Å²) in [6.45, 7) is 5.28. The molecule has 1 fully saturated rings. The van der Waals surface area contributed by atoms with Crippen LogP contribution in [-0.4, -0.2) is 28.6 Å². The fourth-order valence-electron chi connectivity index (χ4n) is 2.02. The van der Waals surface area contributed by atoms with Crippen molar-refractivity contribution in [3.63, 3.8) is 0 Å². The molecule has 19 heavy (non-hydrogen) atoms. The Kier molecular flexibility index (Phi) is 4.30. The Balaban J connectivity index is 2.21. The Labute approximate surface area is 118 Å². The van der Waals surface area contributed by atoms with E-state index < -0.39 is 5.97 Å². The lowest BCUT2D eigenvalue weighted by atomic mass is 10.1. The van der Waals surface area contributed by atoms with Crippen LogP contribution in [0.3, 0.4) is 0 Å². The van der Waals surface area contributed by atoms with Crippen LogP contribution in [0.1, 0.15) is 43.5 Å². The lowest BCUT2D eigenvalue weighted by Crippen LogP contribution is -2.28. The average molecular weight is 283 g/mol. The van der Waals surface area contributed by atoms with Crippen molar-refractivity contribution in [1.29, 1.82) is 0 Å². The third-order valence-corrected chi connectivity index (χ3v) is 3.60. The Morgan fingerprint density at radius 2 is 2.26 bits per heavy atom. The van der Waals surface area contributed by atoms with E-state index in [0.29, 0.717) is 12.0 Å². The minimum absolute atomic E-state index is 0.127. The third-order valence-electron chi connectivity index (χ3n) is 3.30. The highest BCUT2D eigenvalue weighted by Gasteiger charge is 2.30. The van der Waals surface area contributed by atoms with Crippen molar-refractivity contribution >= 4 is 23.4 Å². The molecule has 1 saturated carbocycles. The van der Waals surface area contributed by atoms with Gasteiger partial charge in [-0.2, -0.15) is 0 Å². The van der Waals surface area contributed by atoms with E-state index in [4.69, 9.17) is 16.7 Å². The minimum Gasteiger partial charge on any atom is -0.478 e. The number of pyridine rings is 1. The summed E-state index contributed by atoms with van der Waals surface area (Å²) >= 11 is 5.86. The Morgan fingerprint density at radius 3 is 2.79 bits per heavy atom. The maximum Gasteiger partial charge on any atom is 0.337 e. The zero-order valence-corrected chi connectivity index (χ0v) is 12.0. The molecule has 0 aliphatic heterocycles. The van der Waals surface area contributed by atoms with Crippen LogP contribution < -0.4 is 4.90 Å². The number of rotatable bonds is 6. The van der Waals surface area contributed by atoms with E-state index in [1.807, 2.05) is 0 Å². The van der Waals surface area contributed by atoms with Gasteiger partial charge in [0.1, 0.15) is 5.82 Å². The first-order valence-corrected chi connectivity index (χ1v) is 7.02. The van der Waals surface area contributed by atoms with E-state index in [1.54, 1.807) is 6.07 Å². The molecule has 1 N–H and O–H groups in total. The summed E-state index contributed by atoms with van der Waals surface area (Å²) in [4.78, 5) is 17.6. The van der Waals surface area contributed by atoms with E-state index in [9.17, 15) is 4.79 Å². The Bertz CT molecular complexity index is 473. The van der Waals surface area contributed by atoms with Gasteiger partial charge in [0.15, 0.2) is 0 Å². The first-order chi connectivity index (χ1) is 8.99. The minimum atomic E-state index is -1.01. The summed E-state index contributed by atoms with van der Waals surface area (Å²) in [6, 6.07) is 2.10. The zero-order chi connectivity index (χ0) is 14.0. The van der Waals surface area contributed by atoms with Gasteiger partial charge in [-0.05, 0) is 31.2 Å². The molecule has 104 valence electrons. The second kappa shape index (κ2) is 5.78. The van der Waals surface area contributed by atoms with Crippen LogP contribution in [0.15, 0.2) is 12.3 Å². The largest absolute Gasteiger partial charge is 0.478 e.